The lowest BCUT2D eigenvalue weighted by Crippen LogP contribution is -2.15. The van der Waals surface area contributed by atoms with Crippen LogP contribution in [0, 0.1) is 0 Å². The molecule has 2 aromatic carbocycles. The van der Waals surface area contributed by atoms with E-state index in [0.29, 0.717) is 11.4 Å². The van der Waals surface area contributed by atoms with Gasteiger partial charge in [-0.25, -0.2) is 0 Å². The summed E-state index contributed by atoms with van der Waals surface area (Å²) in [6, 6.07) is 11.3. The highest BCUT2D eigenvalue weighted by Crippen LogP contribution is 2.30. The number of hydrogen-bond acceptors (Lipinski definition) is 8. The van der Waals surface area contributed by atoms with Crippen LogP contribution in [0.15, 0.2) is 51.6 Å². The normalized spacial score (nSPS) is 12.5. The molecule has 1 aliphatic rings. The average Bonchev–Trinajstić information content (AvgIpc) is 3.57. The number of aryl methyl sites for hydroxylation is 2. The van der Waals surface area contributed by atoms with E-state index in [1.165, 1.54) is 18.2 Å². The molecule has 9 nitrogen and oxygen atoms in total. The second-order valence-corrected chi connectivity index (χ2v) is 8.10. The maximum Gasteiger partial charge on any atom is 0.310 e. The molecule has 174 valence electrons. The maximum atomic E-state index is 12.4. The van der Waals surface area contributed by atoms with Gasteiger partial charge in [0.2, 0.25) is 5.91 Å². The van der Waals surface area contributed by atoms with Gasteiger partial charge < -0.3 is 23.7 Å². The highest BCUT2D eigenvalue weighted by Gasteiger charge is 2.18. The molecule has 0 radical (unpaired) electrons. The largest absolute Gasteiger partial charge is 0.495 e. The summed E-state index contributed by atoms with van der Waals surface area (Å²) in [5, 5.41) is 7.47. The Bertz CT molecular complexity index is 1360. The molecule has 2 aromatic heterocycles. The number of esters is 1. The van der Waals surface area contributed by atoms with Crippen LogP contribution in [0.5, 0.6) is 5.75 Å². The van der Waals surface area contributed by atoms with Gasteiger partial charge >= 0.3 is 5.97 Å². The van der Waals surface area contributed by atoms with E-state index in [2.05, 4.69) is 27.6 Å². The summed E-state index contributed by atoms with van der Waals surface area (Å²) >= 11 is 0. The van der Waals surface area contributed by atoms with Crippen molar-refractivity contribution < 1.29 is 28.0 Å². The van der Waals surface area contributed by atoms with Crippen molar-refractivity contribution in [3.63, 3.8) is 0 Å². The van der Waals surface area contributed by atoms with Gasteiger partial charge in [0.1, 0.15) is 11.3 Å². The van der Waals surface area contributed by atoms with Crippen LogP contribution in [0.3, 0.4) is 0 Å². The summed E-state index contributed by atoms with van der Waals surface area (Å²) in [4.78, 5) is 28.8. The smallest absolute Gasteiger partial charge is 0.310 e. The van der Waals surface area contributed by atoms with Crippen LogP contribution in [-0.4, -0.2) is 29.1 Å². The Balaban J connectivity index is 1.14. The molecule has 0 spiro atoms. The zero-order chi connectivity index (χ0) is 23.5. The van der Waals surface area contributed by atoms with Gasteiger partial charge in [-0.05, 0) is 54.7 Å². The summed E-state index contributed by atoms with van der Waals surface area (Å²) in [5.41, 5.74) is 4.76. The van der Waals surface area contributed by atoms with Crippen molar-refractivity contribution in [1.29, 1.82) is 0 Å². The summed E-state index contributed by atoms with van der Waals surface area (Å²) in [6.07, 6.45) is 4.85. The highest BCUT2D eigenvalue weighted by atomic mass is 16.6. The third kappa shape index (κ3) is 4.63. The van der Waals surface area contributed by atoms with Crippen LogP contribution in [0.1, 0.15) is 34.8 Å². The Morgan fingerprint density at radius 3 is 2.79 bits per heavy atom. The molecule has 0 bridgehead atoms. The van der Waals surface area contributed by atoms with Gasteiger partial charge in [0, 0.05) is 10.9 Å². The molecule has 4 aromatic rings. The molecule has 1 aliphatic carbocycles. The third-order valence-corrected chi connectivity index (χ3v) is 5.77. The fourth-order valence-electron chi connectivity index (χ4n) is 4.14. The van der Waals surface area contributed by atoms with Crippen LogP contribution in [0.25, 0.3) is 11.0 Å². The number of furan rings is 1. The number of rotatable bonds is 8. The molecule has 9 heteroatoms. The number of amides is 1. The van der Waals surface area contributed by atoms with Gasteiger partial charge in [-0.15, -0.1) is 0 Å². The van der Waals surface area contributed by atoms with Gasteiger partial charge in [-0.2, -0.15) is 4.98 Å². The minimum Gasteiger partial charge on any atom is -0.495 e. The molecule has 0 atom stereocenters. The SMILES string of the molecule is COc1ccccc1NC(=O)Cc1noc(COC(=O)Cc2coc3cc4c(cc23)CCC4)n1. The van der Waals surface area contributed by atoms with Crippen molar-refractivity contribution in [2.75, 3.05) is 12.4 Å². The van der Waals surface area contributed by atoms with Crippen molar-refractivity contribution in [2.45, 2.75) is 38.7 Å². The average molecular weight is 461 g/mol. The molecule has 5 rings (SSSR count). The second kappa shape index (κ2) is 9.38. The Hall–Kier alpha value is -4.14. The van der Waals surface area contributed by atoms with Crippen LogP contribution < -0.4 is 10.1 Å². The van der Waals surface area contributed by atoms with Crippen LogP contribution in [0.2, 0.25) is 0 Å². The zero-order valence-electron chi connectivity index (χ0n) is 18.6. The van der Waals surface area contributed by atoms with Crippen molar-refractivity contribution in [3.05, 3.63) is 71.1 Å². The number of anilines is 1. The third-order valence-electron chi connectivity index (χ3n) is 5.77. The van der Waals surface area contributed by atoms with Crippen molar-refractivity contribution in [3.8, 4) is 5.75 Å². The number of carbonyl (C=O) groups excluding carboxylic acids is 2. The number of fused-ring (bicyclic) bond motifs is 2. The first-order chi connectivity index (χ1) is 16.6. The number of benzene rings is 2. The monoisotopic (exact) mass is 461 g/mol. The van der Waals surface area contributed by atoms with E-state index in [-0.39, 0.29) is 37.1 Å². The number of nitrogens with one attached hydrogen (secondary N) is 1. The molecule has 0 unspecified atom stereocenters. The Morgan fingerprint density at radius 2 is 1.94 bits per heavy atom. The number of para-hydroxylation sites is 2. The standard InChI is InChI=1S/C25H23N3O6/c1-31-20-8-3-2-7-19(20)26-23(29)12-22-27-24(34-28-22)14-33-25(30)11-17-13-32-21-10-16-6-4-5-15(16)9-18(17)21/h2-3,7-10,13H,4-6,11-12,14H2,1H3,(H,26,29). The second-order valence-electron chi connectivity index (χ2n) is 8.10. The van der Waals surface area contributed by atoms with Crippen molar-refractivity contribution in [2.24, 2.45) is 0 Å². The molecule has 0 fully saturated rings. The van der Waals surface area contributed by atoms with E-state index in [0.717, 1.165) is 35.8 Å². The predicted octanol–water partition coefficient (Wildman–Crippen LogP) is 3.78. The summed E-state index contributed by atoms with van der Waals surface area (Å²) in [6.45, 7) is -0.175. The minimum atomic E-state index is -0.433. The first-order valence-electron chi connectivity index (χ1n) is 11.0. The van der Waals surface area contributed by atoms with Crippen molar-refractivity contribution >= 4 is 28.5 Å². The van der Waals surface area contributed by atoms with Gasteiger partial charge in [0.05, 0.1) is 31.9 Å². The van der Waals surface area contributed by atoms with E-state index < -0.39 is 5.97 Å². The van der Waals surface area contributed by atoms with E-state index in [1.54, 1.807) is 24.5 Å². The van der Waals surface area contributed by atoms with Gasteiger partial charge in [0.15, 0.2) is 12.4 Å². The molecular weight excluding hydrogens is 438 g/mol. The molecule has 0 aliphatic heterocycles. The van der Waals surface area contributed by atoms with Crippen LogP contribution >= 0.6 is 0 Å². The number of hydrogen-bond donors (Lipinski definition) is 1. The van der Waals surface area contributed by atoms with Gasteiger partial charge in [-0.3, -0.25) is 9.59 Å². The molecule has 0 saturated carbocycles. The highest BCUT2D eigenvalue weighted by molar-refractivity contribution is 5.93. The Morgan fingerprint density at radius 1 is 1.12 bits per heavy atom. The molecule has 34 heavy (non-hydrogen) atoms. The maximum absolute atomic E-state index is 12.4. The lowest BCUT2D eigenvalue weighted by molar-refractivity contribution is -0.144. The fraction of sp³-hybridized carbons (Fsp3) is 0.280. The summed E-state index contributed by atoms with van der Waals surface area (Å²) in [5.74, 6) is 0.0897. The summed E-state index contributed by atoms with van der Waals surface area (Å²) in [7, 11) is 1.53. The number of aromatic nitrogens is 2. The number of carbonyl (C=O) groups is 2. The molecule has 0 saturated heterocycles. The van der Waals surface area contributed by atoms with Crippen LogP contribution in [0.4, 0.5) is 5.69 Å². The molecule has 1 amide bonds. The topological polar surface area (TPSA) is 117 Å². The molecule has 2 heterocycles. The van der Waals surface area contributed by atoms with E-state index in [1.807, 2.05) is 6.07 Å². The molecule has 1 N–H and O–H groups in total. The number of nitrogens with zero attached hydrogens (tertiary/aromatic N) is 2. The van der Waals surface area contributed by atoms with Gasteiger partial charge in [-0.1, -0.05) is 17.3 Å². The van der Waals surface area contributed by atoms with Crippen LogP contribution in [-0.2, 0) is 46.6 Å². The molecular formula is C25H23N3O6. The predicted molar refractivity (Wildman–Crippen MR) is 121 cm³/mol. The summed E-state index contributed by atoms with van der Waals surface area (Å²) < 4.78 is 21.3. The zero-order valence-corrected chi connectivity index (χ0v) is 18.6. The van der Waals surface area contributed by atoms with E-state index in [9.17, 15) is 9.59 Å². The van der Waals surface area contributed by atoms with Crippen molar-refractivity contribution in [1.82, 2.24) is 10.1 Å². The fourth-order valence-corrected chi connectivity index (χ4v) is 4.14. The minimum absolute atomic E-state index is 0.0775. The lowest BCUT2D eigenvalue weighted by Gasteiger charge is -2.08. The number of ether oxygens (including phenoxy) is 2. The first kappa shape index (κ1) is 21.7. The van der Waals surface area contributed by atoms with Gasteiger partial charge in [0.25, 0.3) is 5.89 Å². The first-order valence-corrected chi connectivity index (χ1v) is 11.0. The lowest BCUT2D eigenvalue weighted by atomic mass is 10.0. The Labute approximate surface area is 195 Å². The van der Waals surface area contributed by atoms with E-state index in [4.69, 9.17) is 18.4 Å². The quantitative estimate of drug-likeness (QED) is 0.394. The Kier molecular flexibility index (Phi) is 5.99. The van der Waals surface area contributed by atoms with E-state index >= 15 is 0 Å². The number of methoxy groups -OCH3 is 1.